The standard InChI is InChI=1S/C13H19IO/c1-3-4-5-6-9-13(2)10-7-8-11(15)12(13)14/h1,12H,4-10H2,2H3/t12-,13-/m1/s1. The molecule has 1 aliphatic carbocycles. The molecule has 1 saturated carbocycles. The first-order valence-electron chi connectivity index (χ1n) is 5.70. The van der Waals surface area contributed by atoms with Gasteiger partial charge in [-0.15, -0.1) is 12.3 Å². The molecule has 15 heavy (non-hydrogen) atoms. The highest BCUT2D eigenvalue weighted by Gasteiger charge is 2.39. The van der Waals surface area contributed by atoms with Crippen molar-refractivity contribution >= 4 is 28.4 Å². The molecular formula is C13H19IO. The van der Waals surface area contributed by atoms with Crippen LogP contribution in [-0.2, 0) is 4.79 Å². The van der Waals surface area contributed by atoms with Crippen molar-refractivity contribution in [1.82, 2.24) is 0 Å². The van der Waals surface area contributed by atoms with Crippen LogP contribution in [0.1, 0.15) is 51.9 Å². The van der Waals surface area contributed by atoms with Crippen molar-refractivity contribution in [3.63, 3.8) is 0 Å². The smallest absolute Gasteiger partial charge is 0.146 e. The van der Waals surface area contributed by atoms with Crippen molar-refractivity contribution in [1.29, 1.82) is 0 Å². The first kappa shape index (κ1) is 13.0. The van der Waals surface area contributed by atoms with E-state index in [4.69, 9.17) is 6.42 Å². The molecule has 0 aliphatic heterocycles. The van der Waals surface area contributed by atoms with Crippen LogP contribution in [0.2, 0.25) is 0 Å². The fraction of sp³-hybridized carbons (Fsp3) is 0.769. The maximum atomic E-state index is 11.7. The summed E-state index contributed by atoms with van der Waals surface area (Å²) in [7, 11) is 0. The zero-order valence-corrected chi connectivity index (χ0v) is 11.5. The first-order chi connectivity index (χ1) is 7.10. The van der Waals surface area contributed by atoms with Crippen LogP contribution in [0.5, 0.6) is 0 Å². The maximum absolute atomic E-state index is 11.7. The number of hydrogen-bond donors (Lipinski definition) is 0. The third-order valence-electron chi connectivity index (χ3n) is 3.38. The van der Waals surface area contributed by atoms with Gasteiger partial charge in [0.15, 0.2) is 0 Å². The van der Waals surface area contributed by atoms with E-state index in [0.29, 0.717) is 5.78 Å². The van der Waals surface area contributed by atoms with E-state index in [1.54, 1.807) is 0 Å². The third kappa shape index (κ3) is 3.48. The molecule has 84 valence electrons. The van der Waals surface area contributed by atoms with Crippen LogP contribution in [0.4, 0.5) is 0 Å². The van der Waals surface area contributed by atoms with Crippen molar-refractivity contribution in [2.75, 3.05) is 0 Å². The minimum Gasteiger partial charge on any atom is -0.299 e. The molecule has 1 rings (SSSR count). The second kappa shape index (κ2) is 5.89. The van der Waals surface area contributed by atoms with Crippen molar-refractivity contribution in [3.8, 4) is 12.3 Å². The Labute approximate surface area is 107 Å². The van der Waals surface area contributed by atoms with Crippen LogP contribution in [-0.4, -0.2) is 9.71 Å². The lowest BCUT2D eigenvalue weighted by atomic mass is 9.72. The molecule has 0 saturated heterocycles. The second-order valence-corrected chi connectivity index (χ2v) is 5.99. The minimum absolute atomic E-state index is 0.217. The molecule has 0 spiro atoms. The number of unbranched alkanes of at least 4 members (excludes halogenated alkanes) is 2. The predicted octanol–water partition coefficient (Wildman–Crippen LogP) is 3.74. The molecule has 0 bridgehead atoms. The molecule has 0 aromatic carbocycles. The van der Waals surface area contributed by atoms with E-state index in [-0.39, 0.29) is 9.34 Å². The van der Waals surface area contributed by atoms with Crippen LogP contribution in [0.3, 0.4) is 0 Å². The Hall–Kier alpha value is -0.0400. The lowest BCUT2D eigenvalue weighted by molar-refractivity contribution is -0.122. The lowest BCUT2D eigenvalue weighted by Crippen LogP contribution is -2.38. The molecule has 0 aromatic heterocycles. The number of rotatable bonds is 4. The molecule has 0 amide bonds. The quantitative estimate of drug-likeness (QED) is 0.334. The monoisotopic (exact) mass is 318 g/mol. The normalized spacial score (nSPS) is 31.3. The molecule has 0 unspecified atom stereocenters. The predicted molar refractivity (Wildman–Crippen MR) is 72.1 cm³/mol. The lowest BCUT2D eigenvalue weighted by Gasteiger charge is -2.37. The molecule has 1 aliphatic rings. The van der Waals surface area contributed by atoms with E-state index < -0.39 is 0 Å². The van der Waals surface area contributed by atoms with Gasteiger partial charge in [-0.2, -0.15) is 0 Å². The van der Waals surface area contributed by atoms with Crippen LogP contribution < -0.4 is 0 Å². The van der Waals surface area contributed by atoms with Gasteiger partial charge in [0, 0.05) is 12.8 Å². The molecule has 2 atom stereocenters. The number of carbonyl (C=O) groups excluding carboxylic acids is 1. The molecule has 1 nitrogen and oxygen atoms in total. The van der Waals surface area contributed by atoms with Gasteiger partial charge in [-0.3, -0.25) is 4.79 Å². The zero-order chi connectivity index (χ0) is 11.3. The fourth-order valence-electron chi connectivity index (χ4n) is 2.32. The summed E-state index contributed by atoms with van der Waals surface area (Å²) in [5.74, 6) is 3.11. The van der Waals surface area contributed by atoms with Gasteiger partial charge in [-0.25, -0.2) is 0 Å². The van der Waals surface area contributed by atoms with E-state index in [9.17, 15) is 4.79 Å². The number of terminal acetylenes is 1. The van der Waals surface area contributed by atoms with Crippen molar-refractivity contribution in [3.05, 3.63) is 0 Å². The van der Waals surface area contributed by atoms with Crippen molar-refractivity contribution in [2.45, 2.75) is 55.8 Å². The van der Waals surface area contributed by atoms with Gasteiger partial charge >= 0.3 is 0 Å². The topological polar surface area (TPSA) is 17.1 Å². The number of Topliss-reactive ketones (excluding diaryl/α,β-unsaturated/α-hetero) is 1. The summed E-state index contributed by atoms with van der Waals surface area (Å²) in [6.45, 7) is 2.26. The van der Waals surface area contributed by atoms with Gasteiger partial charge in [0.05, 0.1) is 3.92 Å². The molecule has 0 heterocycles. The Morgan fingerprint density at radius 3 is 3.00 bits per heavy atom. The molecule has 1 fully saturated rings. The SMILES string of the molecule is C#CCCCC[C@]1(C)CCCC(=O)[C@H]1I. The number of halogens is 1. The molecule has 0 N–H and O–H groups in total. The number of hydrogen-bond acceptors (Lipinski definition) is 1. The highest BCUT2D eigenvalue weighted by atomic mass is 127. The van der Waals surface area contributed by atoms with Crippen LogP contribution in [0.25, 0.3) is 0 Å². The Morgan fingerprint density at radius 2 is 2.33 bits per heavy atom. The van der Waals surface area contributed by atoms with Crippen molar-refractivity contribution in [2.24, 2.45) is 5.41 Å². The summed E-state index contributed by atoms with van der Waals surface area (Å²) >= 11 is 2.33. The highest BCUT2D eigenvalue weighted by Crippen LogP contribution is 2.42. The molecule has 2 heteroatoms. The van der Waals surface area contributed by atoms with Gasteiger partial charge in [0.25, 0.3) is 0 Å². The minimum atomic E-state index is 0.217. The van der Waals surface area contributed by atoms with E-state index in [2.05, 4.69) is 35.4 Å². The van der Waals surface area contributed by atoms with Gasteiger partial charge in [-0.1, -0.05) is 35.9 Å². The van der Waals surface area contributed by atoms with Crippen LogP contribution in [0, 0.1) is 17.8 Å². The van der Waals surface area contributed by atoms with Crippen LogP contribution in [0.15, 0.2) is 0 Å². The summed E-state index contributed by atoms with van der Waals surface area (Å²) in [5.41, 5.74) is 0.227. The van der Waals surface area contributed by atoms with Crippen molar-refractivity contribution < 1.29 is 4.79 Å². The van der Waals surface area contributed by atoms with E-state index >= 15 is 0 Å². The Kier molecular flexibility index (Phi) is 5.11. The largest absolute Gasteiger partial charge is 0.299 e. The molecule has 0 aromatic rings. The number of carbonyl (C=O) groups is 1. The summed E-state index contributed by atoms with van der Waals surface area (Å²) in [6, 6.07) is 0. The first-order valence-corrected chi connectivity index (χ1v) is 6.95. The summed E-state index contributed by atoms with van der Waals surface area (Å²) in [6.07, 6.45) is 12.6. The fourth-order valence-corrected chi connectivity index (χ4v) is 3.25. The Balaban J connectivity index is 2.43. The average molecular weight is 318 g/mol. The summed E-state index contributed by atoms with van der Waals surface area (Å²) in [5, 5.41) is 0. The van der Waals surface area contributed by atoms with Gasteiger partial charge in [-0.05, 0) is 31.1 Å². The number of alkyl halides is 1. The maximum Gasteiger partial charge on any atom is 0.146 e. The number of ketones is 1. The highest BCUT2D eigenvalue weighted by molar-refractivity contribution is 14.1. The second-order valence-electron chi connectivity index (χ2n) is 4.75. The van der Waals surface area contributed by atoms with E-state index in [1.165, 1.54) is 6.42 Å². The molecular weight excluding hydrogens is 299 g/mol. The molecule has 0 radical (unpaired) electrons. The summed E-state index contributed by atoms with van der Waals surface area (Å²) in [4.78, 5) is 11.7. The van der Waals surface area contributed by atoms with Crippen LogP contribution >= 0.6 is 22.6 Å². The van der Waals surface area contributed by atoms with E-state index in [1.807, 2.05) is 0 Å². The average Bonchev–Trinajstić information content (AvgIpc) is 2.21. The zero-order valence-electron chi connectivity index (χ0n) is 9.39. The van der Waals surface area contributed by atoms with E-state index in [0.717, 1.165) is 38.5 Å². The van der Waals surface area contributed by atoms with Gasteiger partial charge in [0.1, 0.15) is 5.78 Å². The Morgan fingerprint density at radius 1 is 1.60 bits per heavy atom. The van der Waals surface area contributed by atoms with Gasteiger partial charge in [0.2, 0.25) is 0 Å². The Bertz CT molecular complexity index is 266. The third-order valence-corrected chi connectivity index (χ3v) is 5.58. The summed E-state index contributed by atoms with van der Waals surface area (Å²) < 4.78 is 0.217. The van der Waals surface area contributed by atoms with Gasteiger partial charge < -0.3 is 0 Å².